The molecule has 1 saturated heterocycles. The van der Waals surface area contributed by atoms with Crippen LogP contribution in [0, 0.1) is 6.92 Å². The first-order valence-electron chi connectivity index (χ1n) is 11.0. The highest BCUT2D eigenvalue weighted by molar-refractivity contribution is 5.89. The van der Waals surface area contributed by atoms with E-state index in [1.165, 1.54) is 7.11 Å². The molecule has 1 aliphatic heterocycles. The Bertz CT molecular complexity index is 842. The summed E-state index contributed by atoms with van der Waals surface area (Å²) in [4.78, 5) is 28.4. The van der Waals surface area contributed by atoms with Gasteiger partial charge in [0.05, 0.1) is 11.7 Å². The molecule has 4 atom stereocenters. The van der Waals surface area contributed by atoms with Crippen LogP contribution in [0.25, 0.3) is 0 Å². The molecule has 2 aromatic rings. The summed E-state index contributed by atoms with van der Waals surface area (Å²) in [6.45, 7) is 10.1. The molecular weight excluding hydrogens is 456 g/mol. The number of aliphatic hydroxyl groups is 2. The van der Waals surface area contributed by atoms with Crippen LogP contribution in [0.5, 0.6) is 5.75 Å². The first kappa shape index (κ1) is 31.9. The lowest BCUT2D eigenvalue weighted by atomic mass is 10.0. The molecule has 0 bridgehead atoms. The molecule has 3 rings (SSSR count). The summed E-state index contributed by atoms with van der Waals surface area (Å²) in [5, 5.41) is 19.9. The fourth-order valence-electron chi connectivity index (χ4n) is 3.12. The van der Waals surface area contributed by atoms with Crippen LogP contribution in [0.15, 0.2) is 48.5 Å². The van der Waals surface area contributed by atoms with Gasteiger partial charge in [0.15, 0.2) is 6.29 Å². The minimum absolute atomic E-state index is 0.158. The van der Waals surface area contributed by atoms with Crippen molar-refractivity contribution in [2.45, 2.75) is 58.4 Å². The zero-order chi connectivity index (χ0) is 26.8. The molecule has 0 aliphatic carbocycles. The molecule has 0 saturated carbocycles. The first-order chi connectivity index (χ1) is 17.0. The van der Waals surface area contributed by atoms with Crippen molar-refractivity contribution in [3.63, 3.8) is 0 Å². The van der Waals surface area contributed by atoms with E-state index in [-0.39, 0.29) is 13.0 Å². The maximum atomic E-state index is 12.4. The smallest absolute Gasteiger partial charge is 0.338 e. The van der Waals surface area contributed by atoms with Gasteiger partial charge in [0, 0.05) is 13.5 Å². The summed E-state index contributed by atoms with van der Waals surface area (Å²) in [6, 6.07) is 14.8. The van der Waals surface area contributed by atoms with Crippen molar-refractivity contribution in [1.29, 1.82) is 0 Å². The molecule has 9 heteroatoms. The number of methoxy groups -OCH3 is 1. The van der Waals surface area contributed by atoms with E-state index in [1.54, 1.807) is 18.2 Å². The number of hydrogen-bond donors (Lipinski definition) is 2. The Labute approximate surface area is 206 Å². The Balaban J connectivity index is 0.00000179. The lowest BCUT2D eigenvalue weighted by Crippen LogP contribution is -2.50. The van der Waals surface area contributed by atoms with Crippen molar-refractivity contribution < 1.29 is 43.5 Å². The summed E-state index contributed by atoms with van der Waals surface area (Å²) in [5.74, 6) is 0.134. The van der Waals surface area contributed by atoms with E-state index in [2.05, 4.69) is 0 Å². The summed E-state index contributed by atoms with van der Waals surface area (Å²) in [5.41, 5.74) is 2.22. The van der Waals surface area contributed by atoms with E-state index in [9.17, 15) is 15.0 Å². The number of esters is 1. The second-order valence-corrected chi connectivity index (χ2v) is 6.99. The van der Waals surface area contributed by atoms with Gasteiger partial charge < -0.3 is 38.7 Å². The monoisotopic (exact) mass is 492 g/mol. The van der Waals surface area contributed by atoms with E-state index in [0.29, 0.717) is 17.9 Å². The number of rotatable bonds is 7. The molecule has 1 fully saturated rings. The van der Waals surface area contributed by atoms with Crippen molar-refractivity contribution in [2.24, 2.45) is 0 Å². The van der Waals surface area contributed by atoms with Crippen LogP contribution in [-0.2, 0) is 30.4 Å². The lowest BCUT2D eigenvalue weighted by Gasteiger charge is -2.35. The van der Waals surface area contributed by atoms with Crippen LogP contribution in [0.4, 0.5) is 0 Å². The average molecular weight is 493 g/mol. The van der Waals surface area contributed by atoms with Crippen LogP contribution in [0.3, 0.4) is 0 Å². The number of aryl methyl sites for hydroxylation is 1. The van der Waals surface area contributed by atoms with Crippen molar-refractivity contribution in [1.82, 2.24) is 0 Å². The zero-order valence-corrected chi connectivity index (χ0v) is 20.7. The lowest BCUT2D eigenvalue weighted by molar-refractivity contribution is -0.248. The molecule has 9 nitrogen and oxygen atoms in total. The highest BCUT2D eigenvalue weighted by atomic mass is 16.7. The molecule has 0 amide bonds. The number of carbonyl (C=O) groups excluding carboxylic acids is 3. The van der Waals surface area contributed by atoms with Gasteiger partial charge >= 0.3 is 5.97 Å². The molecule has 1 heterocycles. The van der Waals surface area contributed by atoms with E-state index in [1.807, 2.05) is 64.7 Å². The molecule has 0 spiro atoms. The van der Waals surface area contributed by atoms with Crippen LogP contribution in [0.1, 0.15) is 41.8 Å². The van der Waals surface area contributed by atoms with Gasteiger partial charge in [0.2, 0.25) is 0 Å². The van der Waals surface area contributed by atoms with Crippen molar-refractivity contribution in [3.05, 3.63) is 65.2 Å². The topological polar surface area (TPSA) is 129 Å². The molecule has 2 N–H and O–H groups in total. The number of ether oxygens (including phenoxy) is 4. The van der Waals surface area contributed by atoms with E-state index < -0.39 is 30.6 Å². The largest absolute Gasteiger partial charge is 0.489 e. The summed E-state index contributed by atoms with van der Waals surface area (Å²) >= 11 is 0. The molecule has 2 aromatic carbocycles. The SMILES string of the molecule is C=O.C=O.CC.COC1CC(O)[C@H](O)C(COC(=O)c2ccc(OCc3ccccc3)c(C)c2)O1. The van der Waals surface area contributed by atoms with Gasteiger partial charge in [-0.3, -0.25) is 0 Å². The van der Waals surface area contributed by atoms with Gasteiger partial charge in [-0.25, -0.2) is 4.79 Å². The summed E-state index contributed by atoms with van der Waals surface area (Å²) in [7, 11) is 1.45. The molecule has 35 heavy (non-hydrogen) atoms. The quantitative estimate of drug-likeness (QED) is 0.561. The number of hydrogen-bond acceptors (Lipinski definition) is 9. The highest BCUT2D eigenvalue weighted by Gasteiger charge is 2.37. The van der Waals surface area contributed by atoms with Crippen LogP contribution < -0.4 is 4.74 Å². The molecule has 3 unspecified atom stereocenters. The summed E-state index contributed by atoms with van der Waals surface area (Å²) in [6.07, 6.45) is -3.50. The first-order valence-corrected chi connectivity index (χ1v) is 11.0. The van der Waals surface area contributed by atoms with E-state index in [4.69, 9.17) is 28.5 Å². The maximum Gasteiger partial charge on any atom is 0.338 e. The Morgan fingerprint density at radius 1 is 1.06 bits per heavy atom. The van der Waals surface area contributed by atoms with Gasteiger partial charge in [-0.05, 0) is 36.2 Å². The molecular formula is C26H36O9. The van der Waals surface area contributed by atoms with E-state index >= 15 is 0 Å². The van der Waals surface area contributed by atoms with Crippen molar-refractivity contribution in [2.75, 3.05) is 13.7 Å². The normalized spacial score (nSPS) is 20.4. The molecule has 0 aromatic heterocycles. The molecule has 194 valence electrons. The van der Waals surface area contributed by atoms with Gasteiger partial charge in [-0.1, -0.05) is 44.2 Å². The van der Waals surface area contributed by atoms with Crippen molar-refractivity contribution >= 4 is 19.5 Å². The van der Waals surface area contributed by atoms with Gasteiger partial charge in [-0.15, -0.1) is 0 Å². The number of carbonyl (C=O) groups is 3. The van der Waals surface area contributed by atoms with Crippen LogP contribution >= 0.6 is 0 Å². The minimum Gasteiger partial charge on any atom is -0.489 e. The molecule has 1 aliphatic rings. The highest BCUT2D eigenvalue weighted by Crippen LogP contribution is 2.23. The third-order valence-electron chi connectivity index (χ3n) is 4.83. The average Bonchev–Trinajstić information content (AvgIpc) is 2.92. The second-order valence-electron chi connectivity index (χ2n) is 6.99. The Morgan fingerprint density at radius 3 is 2.26 bits per heavy atom. The Hall–Kier alpha value is -3.11. The Morgan fingerprint density at radius 2 is 1.69 bits per heavy atom. The zero-order valence-electron chi connectivity index (χ0n) is 20.7. The fraction of sp³-hybridized carbons (Fsp3) is 0.423. The van der Waals surface area contributed by atoms with Crippen LogP contribution in [-0.4, -0.2) is 68.1 Å². The standard InChI is InChI=1S/C22H26O7.C2H6.2CH2O/c1-14-10-16(8-9-18(14)27-12-15-6-4-3-5-7-15)22(25)28-13-19-21(24)17(23)11-20(26-2)29-19;3*1-2/h3-10,17,19-21,23-24H,11-13H2,1-2H3;1-2H3;2*1H2/t17?,19?,20?,21-;;;/m0.../s1. The fourth-order valence-corrected chi connectivity index (χ4v) is 3.12. The predicted octanol–water partition coefficient (Wildman–Crippen LogP) is 2.87. The molecule has 0 radical (unpaired) electrons. The minimum atomic E-state index is -1.15. The number of benzene rings is 2. The Kier molecular flexibility index (Phi) is 16.6. The predicted molar refractivity (Wildman–Crippen MR) is 130 cm³/mol. The van der Waals surface area contributed by atoms with Gasteiger partial charge in [-0.2, -0.15) is 0 Å². The second kappa shape index (κ2) is 18.2. The van der Waals surface area contributed by atoms with Crippen LogP contribution in [0.2, 0.25) is 0 Å². The third kappa shape index (κ3) is 10.4. The van der Waals surface area contributed by atoms with Crippen molar-refractivity contribution in [3.8, 4) is 5.75 Å². The third-order valence-corrected chi connectivity index (χ3v) is 4.83. The number of aliphatic hydroxyl groups excluding tert-OH is 2. The summed E-state index contributed by atoms with van der Waals surface area (Å²) < 4.78 is 21.6. The van der Waals surface area contributed by atoms with Gasteiger partial charge in [0.1, 0.15) is 44.7 Å². The maximum absolute atomic E-state index is 12.4. The van der Waals surface area contributed by atoms with Gasteiger partial charge in [0.25, 0.3) is 0 Å². The van der Waals surface area contributed by atoms with E-state index in [0.717, 1.165) is 11.1 Å².